The van der Waals surface area contributed by atoms with Crippen LogP contribution in [0.15, 0.2) is 283 Å². The van der Waals surface area contributed by atoms with E-state index in [1.54, 1.807) is 4.57 Å². The van der Waals surface area contributed by atoms with Crippen LogP contribution in [0.4, 0.5) is 34.1 Å². The highest BCUT2D eigenvalue weighted by atomic mass is 16.3. The van der Waals surface area contributed by atoms with Crippen LogP contribution < -0.4 is 26.2 Å². The summed E-state index contributed by atoms with van der Waals surface area (Å²) in [7, 11) is 0. The van der Waals surface area contributed by atoms with Gasteiger partial charge < -0.3 is 23.4 Å². The molecule has 2 aliphatic heterocycles. The smallest absolute Gasteiger partial charge is 0.252 e. The van der Waals surface area contributed by atoms with Crippen LogP contribution in [0.1, 0.15) is 195 Å². The zero-order chi connectivity index (χ0) is 89.5. The lowest BCUT2D eigenvalue weighted by Crippen LogP contribution is -2.61. The van der Waals surface area contributed by atoms with Crippen LogP contribution in [0.3, 0.4) is 0 Å². The van der Waals surface area contributed by atoms with Crippen LogP contribution in [0.2, 0.25) is 0 Å². The van der Waals surface area contributed by atoms with Gasteiger partial charge in [-0.15, -0.1) is 0 Å². The van der Waals surface area contributed by atoms with Crippen LogP contribution in [-0.4, -0.2) is 15.8 Å². The first-order chi connectivity index (χ1) is 59.3. The van der Waals surface area contributed by atoms with Crippen LogP contribution in [0.5, 0.6) is 0 Å². The molecular formula is C112H109BN4O. The molecule has 0 fully saturated rings. The maximum atomic E-state index is 9.76. The summed E-state index contributed by atoms with van der Waals surface area (Å²) in [6, 6.07) is 83.4. The predicted molar refractivity (Wildman–Crippen MR) is 509 cm³/mol. The van der Waals surface area contributed by atoms with Gasteiger partial charge in [0, 0.05) is 66.2 Å². The van der Waals surface area contributed by atoms with E-state index < -0.39 is 55.1 Å². The Kier molecular flexibility index (Phi) is 15.3. The standard InChI is InChI=1S/C112H109BN4O/c1-106(2,3)74-48-52-94-88(62-74)89-63-75(107(4,5)6)49-53-95(89)114(94)81-66-100-102-101(67-81)117(103-86(68-34-24-22-25-35-68)64-80(112(19,20)21)65-87(103)69-36-26-23-27-37-69)99-59-71(73-56-78(110(13,14)15)61-79(57-73)111(16,17)18)47-51-91(99)113(102)90-50-46-70(72-54-76(108(7,8)9)60-77(55-72)109(10,11)12)58-98(90)116(100)97-45-33-41-85-84-40-32-44-96(104(84)118-105(85)97)115-92-42-30-28-38-82(92)83-39-29-31-43-93(83)115/h22-67H,1-21H3/i28D,29D,30D,31D,38D,39D,42D,43D. The first-order valence-electron chi connectivity index (χ1n) is 46.0. The molecule has 0 aliphatic carbocycles. The first kappa shape index (κ1) is 67.2. The van der Waals surface area contributed by atoms with Crippen molar-refractivity contribution in [2.45, 2.75) is 183 Å². The van der Waals surface area contributed by atoms with E-state index in [0.29, 0.717) is 27.9 Å². The molecule has 0 spiro atoms. The van der Waals surface area contributed by atoms with Gasteiger partial charge in [0.2, 0.25) is 0 Å². The number of nitrogens with zero attached hydrogens (tertiary/aromatic N) is 4. The number of fused-ring (bicyclic) bond motifs is 13. The Balaban J connectivity index is 1.02. The van der Waals surface area contributed by atoms with E-state index in [1.165, 1.54) is 38.9 Å². The van der Waals surface area contributed by atoms with Gasteiger partial charge in [-0.05, 0) is 211 Å². The van der Waals surface area contributed by atoms with E-state index in [9.17, 15) is 8.22 Å². The molecule has 0 N–H and O–H groups in total. The van der Waals surface area contributed by atoms with Crippen molar-refractivity contribution in [1.29, 1.82) is 0 Å². The minimum absolute atomic E-state index is 0.00606. The molecule has 5 heterocycles. The summed E-state index contributed by atoms with van der Waals surface area (Å²) < 4.78 is 87.0. The Morgan fingerprint density at radius 3 is 1.08 bits per heavy atom. The molecule has 0 amide bonds. The molecule has 0 atom stereocenters. The summed E-state index contributed by atoms with van der Waals surface area (Å²) >= 11 is 0. The third-order valence-corrected chi connectivity index (χ3v) is 25.2. The van der Waals surface area contributed by atoms with Crippen LogP contribution in [0, 0.1) is 0 Å². The zero-order valence-electron chi connectivity index (χ0n) is 80.2. The average Bonchev–Trinajstić information content (AvgIpc) is 1.18. The second kappa shape index (κ2) is 26.8. The van der Waals surface area contributed by atoms with Crippen LogP contribution >= 0.6 is 0 Å². The molecule has 5 nitrogen and oxygen atoms in total. The number of hydrogen-bond donors (Lipinski definition) is 0. The second-order valence-electron chi connectivity index (χ2n) is 40.5. The Bertz CT molecular complexity index is 7210. The summed E-state index contributed by atoms with van der Waals surface area (Å²) in [5, 5.41) is 3.71. The molecule has 0 radical (unpaired) electrons. The van der Waals surface area contributed by atoms with Crippen molar-refractivity contribution in [2.24, 2.45) is 0 Å². The van der Waals surface area contributed by atoms with E-state index in [-0.39, 0.29) is 59.7 Å². The molecule has 0 saturated heterocycles. The second-order valence-corrected chi connectivity index (χ2v) is 40.5. The summed E-state index contributed by atoms with van der Waals surface area (Å²) in [4.78, 5) is 5.13. The summed E-state index contributed by atoms with van der Waals surface area (Å²) in [6.07, 6.45) is 0. The highest BCUT2D eigenvalue weighted by Gasteiger charge is 2.46. The molecule has 14 aromatic carbocycles. The zero-order valence-corrected chi connectivity index (χ0v) is 72.2. The molecule has 6 heteroatoms. The normalized spacial score (nSPS) is 14.5. The van der Waals surface area contributed by atoms with Crippen molar-refractivity contribution < 1.29 is 15.4 Å². The lowest BCUT2D eigenvalue weighted by atomic mass is 9.33. The van der Waals surface area contributed by atoms with Crippen LogP contribution in [0.25, 0.3) is 121 Å². The number of aromatic nitrogens is 2. The number of para-hydroxylation sites is 4. The minimum atomic E-state index is -0.511. The van der Waals surface area contributed by atoms with Crippen molar-refractivity contribution in [3.8, 4) is 55.9 Å². The van der Waals surface area contributed by atoms with Crippen molar-refractivity contribution >= 4 is 123 Å². The van der Waals surface area contributed by atoms with Gasteiger partial charge in [-0.25, -0.2) is 0 Å². The lowest BCUT2D eigenvalue weighted by molar-refractivity contribution is 0.568. The Labute approximate surface area is 710 Å². The van der Waals surface area contributed by atoms with Gasteiger partial charge in [0.05, 0.1) is 55.8 Å². The fourth-order valence-corrected chi connectivity index (χ4v) is 18.3. The maximum absolute atomic E-state index is 9.76. The molecule has 3 aromatic heterocycles. The summed E-state index contributed by atoms with van der Waals surface area (Å²) in [5.41, 5.74) is 29.0. The first-order valence-corrected chi connectivity index (χ1v) is 42.0. The lowest BCUT2D eigenvalue weighted by Gasteiger charge is -2.45. The molecule has 17 aromatic rings. The van der Waals surface area contributed by atoms with E-state index in [0.717, 1.165) is 122 Å². The minimum Gasteiger partial charge on any atom is -0.452 e. The SMILES string of the molecule is [2H]c1c([2H])c([2H])c2c(c1[2H])c1c([2H])c([2H])c([2H])c([2H])c1n2-c1cccc2c1oc1c(N3c4cc(-c5cc(C(C)(C)C)cc(C(C)(C)C)c5)ccc4B4c5ccc(-c6cc(C(C)(C)C)cc(C(C)(C)C)c6)cc5N(c5c(-c6ccccc6)cc(C(C)(C)C)cc5-c5ccccc5)c5cc(-n6c7ccc(C(C)(C)C)cc7c7cc(C(C)(C)C)ccc76)cc3c54)cccc12. The van der Waals surface area contributed by atoms with Gasteiger partial charge in [-0.2, -0.15) is 0 Å². The third-order valence-electron chi connectivity index (χ3n) is 25.2. The fourth-order valence-electron chi connectivity index (χ4n) is 18.3. The number of benzene rings is 14. The maximum Gasteiger partial charge on any atom is 0.252 e. The number of hydrogen-bond acceptors (Lipinski definition) is 3. The molecular weight excluding hydrogens is 1430 g/mol. The third kappa shape index (κ3) is 12.6. The van der Waals surface area contributed by atoms with Gasteiger partial charge >= 0.3 is 0 Å². The van der Waals surface area contributed by atoms with E-state index in [4.69, 9.17) is 7.16 Å². The Morgan fingerprint density at radius 1 is 0.263 bits per heavy atom. The monoisotopic (exact) mass is 1540 g/mol. The molecule has 118 heavy (non-hydrogen) atoms. The topological polar surface area (TPSA) is 29.5 Å². The molecule has 586 valence electrons. The van der Waals surface area contributed by atoms with Crippen molar-refractivity contribution in [3.63, 3.8) is 0 Å². The van der Waals surface area contributed by atoms with Crippen molar-refractivity contribution in [1.82, 2.24) is 9.13 Å². The average molecular weight is 1550 g/mol. The fraction of sp³-hybridized carbons (Fsp3) is 0.250. The Morgan fingerprint density at radius 2 is 0.653 bits per heavy atom. The molecule has 2 aliphatic rings. The molecule has 19 rings (SSSR count). The van der Waals surface area contributed by atoms with E-state index in [1.807, 2.05) is 18.2 Å². The molecule has 0 bridgehead atoms. The highest BCUT2D eigenvalue weighted by molar-refractivity contribution is 7.00. The summed E-state index contributed by atoms with van der Waals surface area (Å²) in [5.74, 6) is 0. The Hall–Kier alpha value is -11.9. The van der Waals surface area contributed by atoms with Gasteiger partial charge in [-0.1, -0.05) is 339 Å². The largest absolute Gasteiger partial charge is 0.452 e. The van der Waals surface area contributed by atoms with Gasteiger partial charge in [0.15, 0.2) is 11.2 Å². The van der Waals surface area contributed by atoms with E-state index in [2.05, 4.69) is 372 Å². The highest BCUT2D eigenvalue weighted by Crippen LogP contribution is 2.55. The number of rotatable bonds is 8. The van der Waals surface area contributed by atoms with Gasteiger partial charge in [0.25, 0.3) is 6.71 Å². The van der Waals surface area contributed by atoms with Crippen LogP contribution in [-0.2, 0) is 37.9 Å². The van der Waals surface area contributed by atoms with Crippen molar-refractivity contribution in [2.75, 3.05) is 9.80 Å². The van der Waals surface area contributed by atoms with Gasteiger partial charge in [-0.3, -0.25) is 0 Å². The van der Waals surface area contributed by atoms with Gasteiger partial charge in [0.1, 0.15) is 0 Å². The van der Waals surface area contributed by atoms with E-state index >= 15 is 0 Å². The number of anilines is 6. The van der Waals surface area contributed by atoms with Crippen molar-refractivity contribution in [3.05, 3.63) is 318 Å². The molecule has 0 saturated carbocycles. The number of furan rings is 1. The molecule has 0 unspecified atom stereocenters. The quantitative estimate of drug-likeness (QED) is 0.142. The summed E-state index contributed by atoms with van der Waals surface area (Å²) in [6.45, 7) is 48.0. The predicted octanol–water partition coefficient (Wildman–Crippen LogP) is 29.6.